The van der Waals surface area contributed by atoms with Gasteiger partial charge in [-0.25, -0.2) is 9.97 Å². The van der Waals surface area contributed by atoms with Gasteiger partial charge in [-0.2, -0.15) is 0 Å². The molecule has 1 aliphatic heterocycles. The zero-order valence-corrected chi connectivity index (χ0v) is 15.6. The number of hydrogen-bond donors (Lipinski definition) is 5. The summed E-state index contributed by atoms with van der Waals surface area (Å²) in [7, 11) is 0. The van der Waals surface area contributed by atoms with Gasteiger partial charge < -0.3 is 27.1 Å². The van der Waals surface area contributed by atoms with Crippen LogP contribution >= 0.6 is 0 Å². The second kappa shape index (κ2) is 9.61. The molecule has 28 heavy (non-hydrogen) atoms. The Morgan fingerprint density at radius 3 is 2.82 bits per heavy atom. The Morgan fingerprint density at radius 1 is 1.29 bits per heavy atom. The van der Waals surface area contributed by atoms with Gasteiger partial charge in [0, 0.05) is 31.4 Å². The molecule has 1 saturated heterocycles. The van der Waals surface area contributed by atoms with Crippen LogP contribution in [0, 0.1) is 5.41 Å². The summed E-state index contributed by atoms with van der Waals surface area (Å²) in [5.74, 6) is 0.146. The van der Waals surface area contributed by atoms with E-state index >= 15 is 0 Å². The third kappa shape index (κ3) is 5.14. The molecule has 1 amide bonds. The topological polar surface area (TPSA) is 129 Å². The van der Waals surface area contributed by atoms with Crippen molar-refractivity contribution in [2.24, 2.45) is 0 Å². The van der Waals surface area contributed by atoms with Crippen LogP contribution in [0.3, 0.4) is 0 Å². The van der Waals surface area contributed by atoms with E-state index in [4.69, 9.17) is 11.1 Å². The van der Waals surface area contributed by atoms with Crippen LogP contribution in [0.25, 0.3) is 0 Å². The largest absolute Gasteiger partial charge is 0.385 e. The molecule has 1 aliphatic rings. The van der Waals surface area contributed by atoms with Gasteiger partial charge in [0.15, 0.2) is 11.5 Å². The average molecular weight is 379 g/mol. The smallest absolute Gasteiger partial charge is 0.278 e. The Morgan fingerprint density at radius 2 is 2.07 bits per heavy atom. The van der Waals surface area contributed by atoms with Gasteiger partial charge in [-0.05, 0) is 43.0 Å². The second-order valence-electron chi connectivity index (χ2n) is 6.64. The number of hydrogen-bond acceptors (Lipinski definition) is 7. The summed E-state index contributed by atoms with van der Waals surface area (Å²) in [5.41, 5.74) is 8.52. The second-order valence-corrected chi connectivity index (χ2v) is 6.64. The Balaban J connectivity index is 1.58. The number of nitrogen functional groups attached to an aromatic ring is 1. The van der Waals surface area contributed by atoms with Gasteiger partial charge >= 0.3 is 0 Å². The minimum Gasteiger partial charge on any atom is -0.385 e. The van der Waals surface area contributed by atoms with Crippen molar-refractivity contribution in [3.05, 3.63) is 65.4 Å². The Hall–Kier alpha value is -3.26. The number of anilines is 1. The molecule has 0 saturated carbocycles. The summed E-state index contributed by atoms with van der Waals surface area (Å²) in [6.07, 6.45) is 7.78. The summed E-state index contributed by atoms with van der Waals surface area (Å²) in [6, 6.07) is 8.55. The van der Waals surface area contributed by atoms with Crippen LogP contribution in [0.2, 0.25) is 0 Å². The van der Waals surface area contributed by atoms with E-state index in [0.29, 0.717) is 18.2 Å². The molecule has 0 atom stereocenters. The van der Waals surface area contributed by atoms with E-state index in [1.807, 2.05) is 0 Å². The van der Waals surface area contributed by atoms with Crippen molar-refractivity contribution < 1.29 is 4.79 Å². The molecule has 6 N–H and O–H groups in total. The number of nitrogens with zero attached hydrogens (tertiary/aromatic N) is 2. The molecular weight excluding hydrogens is 354 g/mol. The van der Waals surface area contributed by atoms with E-state index in [0.717, 1.165) is 37.7 Å². The lowest BCUT2D eigenvalue weighted by Crippen LogP contribution is -2.27. The molecule has 146 valence electrons. The third-order valence-electron chi connectivity index (χ3n) is 4.68. The van der Waals surface area contributed by atoms with Crippen molar-refractivity contribution in [2.75, 3.05) is 18.8 Å². The van der Waals surface area contributed by atoms with Crippen LogP contribution in [0.1, 0.15) is 40.4 Å². The van der Waals surface area contributed by atoms with Gasteiger partial charge in [-0.1, -0.05) is 24.3 Å². The number of nitrogens with one attached hydrogen (secondary N) is 4. The molecule has 8 nitrogen and oxygen atoms in total. The first-order chi connectivity index (χ1) is 13.7. The molecule has 0 unspecified atom stereocenters. The standard InChI is InChI=1S/C20H25N7O/c21-11-17(27-20(28)18-19(22)26-9-8-25-18)13-24-12-14-2-1-3-16(10-14)15-4-6-23-7-5-15/h1-3,8-11,13,15,21,23-24H,4-7,12H2,(H2,22,26)(H,27,28)/b17-13+,21-11?. The van der Waals surface area contributed by atoms with Crippen molar-refractivity contribution >= 4 is 17.9 Å². The van der Waals surface area contributed by atoms with E-state index in [-0.39, 0.29) is 11.5 Å². The Kier molecular flexibility index (Phi) is 6.69. The number of piperidine rings is 1. The minimum atomic E-state index is -0.505. The van der Waals surface area contributed by atoms with E-state index in [1.165, 1.54) is 18.0 Å². The number of nitrogens with two attached hydrogens (primary N) is 1. The summed E-state index contributed by atoms with van der Waals surface area (Å²) < 4.78 is 0. The van der Waals surface area contributed by atoms with E-state index < -0.39 is 5.91 Å². The molecule has 0 bridgehead atoms. The summed E-state index contributed by atoms with van der Waals surface area (Å²) in [4.78, 5) is 20.0. The number of rotatable bonds is 7. The number of carbonyl (C=O) groups is 1. The highest BCUT2D eigenvalue weighted by molar-refractivity contribution is 5.99. The quantitative estimate of drug-likeness (QED) is 0.464. The van der Waals surface area contributed by atoms with Gasteiger partial charge in [-0.3, -0.25) is 4.79 Å². The molecule has 2 heterocycles. The normalized spacial score (nSPS) is 15.1. The highest BCUT2D eigenvalue weighted by atomic mass is 16.1. The van der Waals surface area contributed by atoms with Crippen molar-refractivity contribution in [2.45, 2.75) is 25.3 Å². The molecular formula is C20H25N7O. The first kappa shape index (κ1) is 19.5. The van der Waals surface area contributed by atoms with E-state index in [1.54, 1.807) is 6.20 Å². The molecule has 8 heteroatoms. The first-order valence-corrected chi connectivity index (χ1v) is 9.29. The van der Waals surface area contributed by atoms with Crippen LogP contribution in [0.5, 0.6) is 0 Å². The number of benzene rings is 1. The van der Waals surface area contributed by atoms with Crippen LogP contribution < -0.4 is 21.7 Å². The molecule has 2 aromatic rings. The SMILES string of the molecule is N=C/C(=C\NCc1cccc(C2CCNCC2)c1)NC(=O)c1nccnc1N. The van der Waals surface area contributed by atoms with Gasteiger partial charge in [0.2, 0.25) is 0 Å². The summed E-state index contributed by atoms with van der Waals surface area (Å²) in [6.45, 7) is 2.72. The van der Waals surface area contributed by atoms with Crippen LogP contribution in [0.4, 0.5) is 5.82 Å². The monoisotopic (exact) mass is 379 g/mol. The van der Waals surface area contributed by atoms with Gasteiger partial charge in [0.1, 0.15) is 0 Å². The van der Waals surface area contributed by atoms with Crippen molar-refractivity contribution in [1.29, 1.82) is 5.41 Å². The van der Waals surface area contributed by atoms with Crippen molar-refractivity contribution in [1.82, 2.24) is 25.9 Å². The number of carbonyl (C=O) groups excluding carboxylic acids is 1. The lowest BCUT2D eigenvalue weighted by molar-refractivity contribution is 0.0963. The van der Waals surface area contributed by atoms with Crippen molar-refractivity contribution in [3.8, 4) is 0 Å². The van der Waals surface area contributed by atoms with Crippen LogP contribution in [-0.2, 0) is 6.54 Å². The molecule has 0 aliphatic carbocycles. The summed E-state index contributed by atoms with van der Waals surface area (Å²) >= 11 is 0. The van der Waals surface area contributed by atoms with Crippen LogP contribution in [-0.4, -0.2) is 35.2 Å². The number of allylic oxidation sites excluding steroid dienone is 1. The van der Waals surface area contributed by atoms with E-state index in [2.05, 4.69) is 50.2 Å². The highest BCUT2D eigenvalue weighted by Crippen LogP contribution is 2.25. The Bertz CT molecular complexity index is 859. The predicted octanol–water partition coefficient (Wildman–Crippen LogP) is 1.54. The zero-order chi connectivity index (χ0) is 19.8. The maximum absolute atomic E-state index is 12.2. The Labute approximate surface area is 164 Å². The zero-order valence-electron chi connectivity index (χ0n) is 15.6. The van der Waals surface area contributed by atoms with Gasteiger partial charge in [0.05, 0.1) is 5.70 Å². The first-order valence-electron chi connectivity index (χ1n) is 9.29. The maximum atomic E-state index is 12.2. The maximum Gasteiger partial charge on any atom is 0.278 e. The molecule has 1 aromatic carbocycles. The van der Waals surface area contributed by atoms with Gasteiger partial charge in [0.25, 0.3) is 5.91 Å². The van der Waals surface area contributed by atoms with Crippen LogP contribution in [0.15, 0.2) is 48.6 Å². The van der Waals surface area contributed by atoms with Gasteiger partial charge in [-0.15, -0.1) is 0 Å². The number of aromatic nitrogens is 2. The molecule has 0 radical (unpaired) electrons. The minimum absolute atomic E-state index is 0.0323. The molecule has 1 aromatic heterocycles. The number of amides is 1. The molecule has 1 fully saturated rings. The molecule has 0 spiro atoms. The fourth-order valence-electron chi connectivity index (χ4n) is 3.22. The predicted molar refractivity (Wildman–Crippen MR) is 109 cm³/mol. The lowest BCUT2D eigenvalue weighted by atomic mass is 9.89. The lowest BCUT2D eigenvalue weighted by Gasteiger charge is -2.23. The van der Waals surface area contributed by atoms with Crippen molar-refractivity contribution in [3.63, 3.8) is 0 Å². The summed E-state index contributed by atoms with van der Waals surface area (Å²) in [5, 5.41) is 16.6. The highest BCUT2D eigenvalue weighted by Gasteiger charge is 2.15. The fraction of sp³-hybridized carbons (Fsp3) is 0.300. The van der Waals surface area contributed by atoms with E-state index in [9.17, 15) is 4.79 Å². The third-order valence-corrected chi connectivity index (χ3v) is 4.68. The fourth-order valence-corrected chi connectivity index (χ4v) is 3.22. The average Bonchev–Trinajstić information content (AvgIpc) is 2.74. The molecule has 3 rings (SSSR count).